The van der Waals surface area contributed by atoms with Crippen molar-refractivity contribution in [2.45, 2.75) is 13.3 Å². The van der Waals surface area contributed by atoms with Crippen LogP contribution >= 0.6 is 11.6 Å². The van der Waals surface area contributed by atoms with Gasteiger partial charge in [-0.15, -0.1) is 0 Å². The molecule has 0 aromatic heterocycles. The Balaban J connectivity index is 2.90. The van der Waals surface area contributed by atoms with E-state index in [9.17, 15) is 0 Å². The summed E-state index contributed by atoms with van der Waals surface area (Å²) < 4.78 is 0. The van der Waals surface area contributed by atoms with Gasteiger partial charge < -0.3 is 15.7 Å². The number of benzene rings is 1. The highest BCUT2D eigenvalue weighted by atomic mass is 35.5. The van der Waals surface area contributed by atoms with Crippen molar-refractivity contribution < 1.29 is 5.11 Å². The number of hydrogen-bond donors (Lipinski definition) is 2. The second kappa shape index (κ2) is 5.83. The maximum Gasteiger partial charge on any atom is 0.0789 e. The van der Waals surface area contributed by atoms with Crippen molar-refractivity contribution in [3.8, 4) is 0 Å². The molecule has 0 aliphatic carbocycles. The van der Waals surface area contributed by atoms with E-state index in [1.807, 2.05) is 25.1 Å². The quantitative estimate of drug-likeness (QED) is 0.760. The van der Waals surface area contributed by atoms with Gasteiger partial charge in [0.05, 0.1) is 16.4 Å². The number of nitrogens with two attached hydrogens (primary N) is 1. The van der Waals surface area contributed by atoms with Gasteiger partial charge in [-0.1, -0.05) is 17.7 Å². The molecule has 1 rings (SSSR count). The van der Waals surface area contributed by atoms with Crippen LogP contribution in [0.2, 0.25) is 5.02 Å². The van der Waals surface area contributed by atoms with Gasteiger partial charge in [-0.25, -0.2) is 0 Å². The Morgan fingerprint density at radius 3 is 2.73 bits per heavy atom. The monoisotopic (exact) mass is 228 g/mol. The van der Waals surface area contributed by atoms with Gasteiger partial charge in [0.2, 0.25) is 0 Å². The van der Waals surface area contributed by atoms with Crippen molar-refractivity contribution in [1.82, 2.24) is 0 Å². The first-order valence-electron chi connectivity index (χ1n) is 5.10. The van der Waals surface area contributed by atoms with Crippen LogP contribution in [0.1, 0.15) is 13.3 Å². The molecular weight excluding hydrogens is 212 g/mol. The lowest BCUT2D eigenvalue weighted by atomic mass is 10.2. The highest BCUT2D eigenvalue weighted by molar-refractivity contribution is 6.34. The van der Waals surface area contributed by atoms with Gasteiger partial charge in [0.1, 0.15) is 0 Å². The summed E-state index contributed by atoms with van der Waals surface area (Å²) in [6, 6.07) is 5.50. The number of aliphatic hydroxyl groups is 1. The summed E-state index contributed by atoms with van der Waals surface area (Å²) in [5.74, 6) is 0. The second-order valence-corrected chi connectivity index (χ2v) is 3.74. The predicted octanol–water partition coefficient (Wildman–Crippen LogP) is 2.13. The average molecular weight is 229 g/mol. The third-order valence-corrected chi connectivity index (χ3v) is 2.61. The van der Waals surface area contributed by atoms with Gasteiger partial charge in [0, 0.05) is 19.7 Å². The normalized spacial score (nSPS) is 10.3. The van der Waals surface area contributed by atoms with Crippen LogP contribution in [-0.4, -0.2) is 24.8 Å². The lowest BCUT2D eigenvalue weighted by Gasteiger charge is -2.25. The third kappa shape index (κ3) is 3.01. The van der Waals surface area contributed by atoms with Crippen molar-refractivity contribution in [2.24, 2.45) is 0 Å². The van der Waals surface area contributed by atoms with E-state index < -0.39 is 0 Å². The highest BCUT2D eigenvalue weighted by Gasteiger charge is 2.11. The van der Waals surface area contributed by atoms with Crippen LogP contribution in [0.15, 0.2) is 18.2 Å². The molecule has 0 radical (unpaired) electrons. The molecule has 0 unspecified atom stereocenters. The lowest BCUT2D eigenvalue weighted by molar-refractivity contribution is 0.289. The molecule has 84 valence electrons. The molecule has 0 bridgehead atoms. The Morgan fingerprint density at radius 2 is 2.20 bits per heavy atom. The molecule has 0 spiro atoms. The number of nitrogens with zero attached hydrogens (tertiary/aromatic N) is 1. The molecule has 0 atom stereocenters. The number of halogens is 1. The summed E-state index contributed by atoms with van der Waals surface area (Å²) >= 11 is 6.10. The molecule has 3 nitrogen and oxygen atoms in total. The van der Waals surface area contributed by atoms with E-state index in [0.717, 1.165) is 25.2 Å². The Kier molecular flexibility index (Phi) is 4.72. The first-order valence-corrected chi connectivity index (χ1v) is 5.48. The molecule has 0 fully saturated rings. The maximum atomic E-state index is 8.81. The zero-order valence-electron chi connectivity index (χ0n) is 8.91. The van der Waals surface area contributed by atoms with E-state index >= 15 is 0 Å². The van der Waals surface area contributed by atoms with Crippen LogP contribution in [0.5, 0.6) is 0 Å². The predicted molar refractivity (Wildman–Crippen MR) is 65.5 cm³/mol. The molecule has 0 heterocycles. The molecule has 4 heteroatoms. The van der Waals surface area contributed by atoms with E-state index in [-0.39, 0.29) is 6.61 Å². The van der Waals surface area contributed by atoms with Crippen molar-refractivity contribution in [3.05, 3.63) is 23.2 Å². The number of anilines is 2. The molecule has 3 N–H and O–H groups in total. The Hall–Kier alpha value is -0.930. The van der Waals surface area contributed by atoms with Crippen LogP contribution in [0.3, 0.4) is 0 Å². The largest absolute Gasteiger partial charge is 0.397 e. The lowest BCUT2D eigenvalue weighted by Crippen LogP contribution is -2.25. The molecule has 1 aromatic carbocycles. The van der Waals surface area contributed by atoms with Gasteiger partial charge in [0.25, 0.3) is 0 Å². The summed E-state index contributed by atoms with van der Waals surface area (Å²) in [4.78, 5) is 2.08. The van der Waals surface area contributed by atoms with Crippen LogP contribution < -0.4 is 10.6 Å². The molecule has 0 aliphatic heterocycles. The first kappa shape index (κ1) is 12.1. The molecular formula is C11H17ClN2O. The SMILES string of the molecule is CCN(CCCO)c1c(N)cccc1Cl. The summed E-state index contributed by atoms with van der Waals surface area (Å²) in [7, 11) is 0. The van der Waals surface area contributed by atoms with E-state index in [1.54, 1.807) is 0 Å². The minimum Gasteiger partial charge on any atom is -0.397 e. The van der Waals surface area contributed by atoms with Gasteiger partial charge in [-0.3, -0.25) is 0 Å². The summed E-state index contributed by atoms with van der Waals surface area (Å²) in [5.41, 5.74) is 7.43. The van der Waals surface area contributed by atoms with Crippen molar-refractivity contribution in [3.63, 3.8) is 0 Å². The maximum absolute atomic E-state index is 8.81. The zero-order valence-corrected chi connectivity index (χ0v) is 9.67. The summed E-state index contributed by atoms with van der Waals surface area (Å²) in [6.07, 6.45) is 0.721. The van der Waals surface area contributed by atoms with Gasteiger partial charge in [0.15, 0.2) is 0 Å². The number of rotatable bonds is 5. The van der Waals surface area contributed by atoms with Crippen molar-refractivity contribution >= 4 is 23.0 Å². The Bertz CT molecular complexity index is 297. The Morgan fingerprint density at radius 1 is 1.47 bits per heavy atom. The fraction of sp³-hybridized carbons (Fsp3) is 0.455. The van der Waals surface area contributed by atoms with Gasteiger partial charge >= 0.3 is 0 Å². The van der Waals surface area contributed by atoms with Gasteiger partial charge in [-0.05, 0) is 25.5 Å². The average Bonchev–Trinajstić information content (AvgIpc) is 2.22. The van der Waals surface area contributed by atoms with E-state index in [2.05, 4.69) is 4.90 Å². The van der Waals surface area contributed by atoms with E-state index in [0.29, 0.717) is 10.7 Å². The topological polar surface area (TPSA) is 49.5 Å². The summed E-state index contributed by atoms with van der Waals surface area (Å²) in [5, 5.41) is 9.47. The minimum atomic E-state index is 0.181. The van der Waals surface area contributed by atoms with Crippen LogP contribution in [-0.2, 0) is 0 Å². The highest BCUT2D eigenvalue weighted by Crippen LogP contribution is 2.31. The van der Waals surface area contributed by atoms with Crippen molar-refractivity contribution in [1.29, 1.82) is 0 Å². The van der Waals surface area contributed by atoms with Crippen molar-refractivity contribution in [2.75, 3.05) is 30.3 Å². The molecule has 1 aromatic rings. The number of aliphatic hydroxyl groups excluding tert-OH is 1. The molecule has 0 saturated heterocycles. The molecule has 15 heavy (non-hydrogen) atoms. The van der Waals surface area contributed by atoms with E-state index in [1.165, 1.54) is 0 Å². The number of hydrogen-bond acceptors (Lipinski definition) is 3. The zero-order chi connectivity index (χ0) is 11.3. The molecule has 0 saturated carbocycles. The Labute approximate surface area is 95.5 Å². The fourth-order valence-electron chi connectivity index (χ4n) is 1.56. The number of para-hydroxylation sites is 1. The van der Waals surface area contributed by atoms with Crippen LogP contribution in [0.25, 0.3) is 0 Å². The first-order chi connectivity index (χ1) is 7.20. The van der Waals surface area contributed by atoms with Gasteiger partial charge in [-0.2, -0.15) is 0 Å². The summed E-state index contributed by atoms with van der Waals surface area (Å²) in [6.45, 7) is 3.82. The standard InChI is InChI=1S/C11H17ClN2O/c1-2-14(7-4-8-15)11-9(12)5-3-6-10(11)13/h3,5-6,15H,2,4,7-8,13H2,1H3. The third-order valence-electron chi connectivity index (χ3n) is 2.30. The van der Waals surface area contributed by atoms with Crippen LogP contribution in [0, 0.1) is 0 Å². The fourth-order valence-corrected chi connectivity index (χ4v) is 1.86. The smallest absolute Gasteiger partial charge is 0.0789 e. The molecule has 0 amide bonds. The molecule has 0 aliphatic rings. The second-order valence-electron chi connectivity index (χ2n) is 3.33. The van der Waals surface area contributed by atoms with Crippen LogP contribution in [0.4, 0.5) is 11.4 Å². The minimum absolute atomic E-state index is 0.181. The van der Waals surface area contributed by atoms with E-state index in [4.69, 9.17) is 22.4 Å². The number of nitrogen functional groups attached to an aromatic ring is 1.